The zero-order valence-electron chi connectivity index (χ0n) is 17.9. The van der Waals surface area contributed by atoms with Crippen molar-refractivity contribution < 1.29 is 19.1 Å². The lowest BCUT2D eigenvalue weighted by Gasteiger charge is -2.12. The molecule has 0 heterocycles. The largest absolute Gasteiger partial charge is 0.497 e. The van der Waals surface area contributed by atoms with Crippen molar-refractivity contribution in [1.29, 1.82) is 0 Å². The lowest BCUT2D eigenvalue weighted by molar-refractivity contribution is -0.123. The van der Waals surface area contributed by atoms with Crippen molar-refractivity contribution in [3.63, 3.8) is 0 Å². The molecular weight excluding hydrogens is 356 g/mol. The quantitative estimate of drug-likeness (QED) is 0.345. The molecule has 0 radical (unpaired) electrons. The molecule has 0 unspecified atom stereocenters. The van der Waals surface area contributed by atoms with Crippen LogP contribution >= 0.6 is 0 Å². The third-order valence-corrected chi connectivity index (χ3v) is 4.19. The number of carbonyl (C=O) groups is 2. The normalized spacial score (nSPS) is 10.6. The van der Waals surface area contributed by atoms with E-state index in [-0.39, 0.29) is 17.4 Å². The van der Waals surface area contributed by atoms with E-state index >= 15 is 0 Å². The molecular formula is C22H34N2O4. The molecule has 0 bridgehead atoms. The smallest absolute Gasteiger partial charge is 0.256 e. The van der Waals surface area contributed by atoms with Gasteiger partial charge in [0.1, 0.15) is 17.1 Å². The minimum absolute atomic E-state index is 0.0721. The number of benzene rings is 1. The Labute approximate surface area is 168 Å². The van der Waals surface area contributed by atoms with E-state index in [0.29, 0.717) is 42.0 Å². The van der Waals surface area contributed by atoms with Crippen molar-refractivity contribution in [3.05, 3.63) is 29.3 Å². The van der Waals surface area contributed by atoms with E-state index in [1.165, 1.54) is 0 Å². The Morgan fingerprint density at radius 3 is 1.64 bits per heavy atom. The number of amides is 2. The highest BCUT2D eigenvalue weighted by Crippen LogP contribution is 2.24. The van der Waals surface area contributed by atoms with Crippen molar-refractivity contribution in [2.24, 2.45) is 11.8 Å². The van der Waals surface area contributed by atoms with Gasteiger partial charge in [-0.3, -0.25) is 9.59 Å². The highest BCUT2D eigenvalue weighted by Gasteiger charge is 2.18. The van der Waals surface area contributed by atoms with E-state index in [1.54, 1.807) is 38.5 Å². The van der Waals surface area contributed by atoms with Crippen LogP contribution in [0, 0.1) is 11.8 Å². The van der Waals surface area contributed by atoms with Crippen LogP contribution in [0.3, 0.4) is 0 Å². The first-order valence-electron chi connectivity index (χ1n) is 9.78. The lowest BCUT2D eigenvalue weighted by atomic mass is 10.1. The zero-order chi connectivity index (χ0) is 21.1. The second-order valence-corrected chi connectivity index (χ2v) is 7.58. The zero-order valence-corrected chi connectivity index (χ0v) is 17.9. The minimum Gasteiger partial charge on any atom is -0.497 e. The molecule has 28 heavy (non-hydrogen) atoms. The average molecular weight is 391 g/mol. The van der Waals surface area contributed by atoms with Crippen LogP contribution in [0.4, 0.5) is 0 Å². The predicted molar refractivity (Wildman–Crippen MR) is 112 cm³/mol. The summed E-state index contributed by atoms with van der Waals surface area (Å²) < 4.78 is 10.5. The van der Waals surface area contributed by atoms with Crippen molar-refractivity contribution in [1.82, 2.24) is 10.6 Å². The molecule has 0 aliphatic carbocycles. The Bertz CT molecular complexity index is 631. The van der Waals surface area contributed by atoms with Crippen molar-refractivity contribution in [2.45, 2.75) is 40.5 Å². The fourth-order valence-corrected chi connectivity index (χ4v) is 2.45. The topological polar surface area (TPSA) is 76.7 Å². The summed E-state index contributed by atoms with van der Waals surface area (Å²) in [6, 6.07) is 5.25. The molecule has 156 valence electrons. The summed E-state index contributed by atoms with van der Waals surface area (Å²) in [6.07, 6.45) is 3.27. The number of ether oxygens (including phenoxy) is 2. The van der Waals surface area contributed by atoms with Crippen LogP contribution in [0.5, 0.6) is 11.5 Å². The van der Waals surface area contributed by atoms with Gasteiger partial charge in [-0.05, 0) is 48.4 Å². The first kappa shape index (κ1) is 23.5. The number of methoxy groups -OCH3 is 2. The average Bonchev–Trinajstić information content (AvgIpc) is 2.64. The molecule has 0 saturated carbocycles. The van der Waals surface area contributed by atoms with Gasteiger partial charge < -0.3 is 20.1 Å². The molecule has 0 aromatic heterocycles. The van der Waals surface area contributed by atoms with Gasteiger partial charge >= 0.3 is 0 Å². The van der Waals surface area contributed by atoms with Crippen LogP contribution in [0.2, 0.25) is 0 Å². The van der Waals surface area contributed by atoms with E-state index in [4.69, 9.17) is 9.47 Å². The van der Waals surface area contributed by atoms with Crippen molar-refractivity contribution in [2.75, 3.05) is 27.3 Å². The molecule has 0 aliphatic rings. The van der Waals surface area contributed by atoms with Gasteiger partial charge in [-0.2, -0.15) is 0 Å². The minimum atomic E-state index is -0.385. The SMILES string of the molecule is COc1cc(C=C(C(=O)NCCC(C)C)C(=O)NCCC(C)C)cc(OC)c1. The molecule has 6 heteroatoms. The summed E-state index contributed by atoms with van der Waals surface area (Å²) in [5.74, 6) is 1.34. The third-order valence-electron chi connectivity index (χ3n) is 4.19. The summed E-state index contributed by atoms with van der Waals surface area (Å²) in [5.41, 5.74) is 0.729. The van der Waals surface area contributed by atoms with E-state index in [1.807, 2.05) is 0 Å². The van der Waals surface area contributed by atoms with Gasteiger partial charge in [0.05, 0.1) is 14.2 Å². The summed E-state index contributed by atoms with van der Waals surface area (Å²) >= 11 is 0. The van der Waals surface area contributed by atoms with Gasteiger partial charge in [-0.1, -0.05) is 27.7 Å². The number of hydrogen-bond acceptors (Lipinski definition) is 4. The van der Waals surface area contributed by atoms with E-state index in [2.05, 4.69) is 38.3 Å². The summed E-state index contributed by atoms with van der Waals surface area (Å²) in [4.78, 5) is 25.3. The summed E-state index contributed by atoms with van der Waals surface area (Å²) in [6.45, 7) is 9.39. The molecule has 1 aromatic rings. The van der Waals surface area contributed by atoms with Crippen LogP contribution in [0.15, 0.2) is 23.8 Å². The van der Waals surface area contributed by atoms with Gasteiger partial charge in [0.25, 0.3) is 11.8 Å². The number of nitrogens with one attached hydrogen (secondary N) is 2. The molecule has 0 fully saturated rings. The van der Waals surface area contributed by atoms with E-state index in [9.17, 15) is 9.59 Å². The van der Waals surface area contributed by atoms with Crippen LogP contribution < -0.4 is 20.1 Å². The Morgan fingerprint density at radius 2 is 1.29 bits per heavy atom. The van der Waals surface area contributed by atoms with E-state index in [0.717, 1.165) is 12.8 Å². The van der Waals surface area contributed by atoms with E-state index < -0.39 is 0 Å². The van der Waals surface area contributed by atoms with Crippen LogP contribution in [-0.4, -0.2) is 39.1 Å². The maximum absolute atomic E-state index is 12.7. The van der Waals surface area contributed by atoms with Crippen molar-refractivity contribution in [3.8, 4) is 11.5 Å². The summed E-state index contributed by atoms with van der Waals surface area (Å²) in [5, 5.41) is 5.68. The Kier molecular flexibility index (Phi) is 10.1. The molecule has 6 nitrogen and oxygen atoms in total. The van der Waals surface area contributed by atoms with Crippen LogP contribution in [0.25, 0.3) is 6.08 Å². The van der Waals surface area contributed by atoms with Gasteiger partial charge in [0.2, 0.25) is 0 Å². The molecule has 0 spiro atoms. The van der Waals surface area contributed by atoms with Gasteiger partial charge in [-0.15, -0.1) is 0 Å². The van der Waals surface area contributed by atoms with Gasteiger partial charge in [0, 0.05) is 19.2 Å². The fourth-order valence-electron chi connectivity index (χ4n) is 2.45. The molecule has 2 amide bonds. The standard InChI is InChI=1S/C22H34N2O4/c1-15(2)7-9-23-21(25)20(22(26)24-10-8-16(3)4)13-17-11-18(27-5)14-19(12-17)28-6/h11-16H,7-10H2,1-6H3,(H,23,25)(H,24,26). The maximum atomic E-state index is 12.7. The number of hydrogen-bond donors (Lipinski definition) is 2. The number of rotatable bonds is 11. The molecule has 0 atom stereocenters. The molecule has 0 saturated heterocycles. The fraction of sp³-hybridized carbons (Fsp3) is 0.545. The Balaban J connectivity index is 3.09. The van der Waals surface area contributed by atoms with Gasteiger partial charge in [-0.25, -0.2) is 0 Å². The van der Waals surface area contributed by atoms with Crippen LogP contribution in [-0.2, 0) is 9.59 Å². The number of carbonyl (C=O) groups excluding carboxylic acids is 2. The highest BCUT2D eigenvalue weighted by atomic mass is 16.5. The molecule has 1 aromatic carbocycles. The maximum Gasteiger partial charge on any atom is 0.256 e. The molecule has 1 rings (SSSR count). The molecule has 2 N–H and O–H groups in total. The second-order valence-electron chi connectivity index (χ2n) is 7.58. The van der Waals surface area contributed by atoms with Crippen LogP contribution in [0.1, 0.15) is 46.1 Å². The first-order chi connectivity index (χ1) is 13.3. The molecule has 0 aliphatic heterocycles. The second kappa shape index (κ2) is 12.1. The lowest BCUT2D eigenvalue weighted by Crippen LogP contribution is -2.36. The Hall–Kier alpha value is -2.50. The first-order valence-corrected chi connectivity index (χ1v) is 9.78. The monoisotopic (exact) mass is 390 g/mol. The Morgan fingerprint density at radius 1 is 0.857 bits per heavy atom. The van der Waals surface area contributed by atoms with Gasteiger partial charge in [0.15, 0.2) is 0 Å². The third kappa shape index (κ3) is 8.46. The van der Waals surface area contributed by atoms with Crippen molar-refractivity contribution >= 4 is 17.9 Å². The predicted octanol–water partition coefficient (Wildman–Crippen LogP) is 3.41. The summed E-state index contributed by atoms with van der Waals surface area (Å²) in [7, 11) is 3.11. The highest BCUT2D eigenvalue weighted by molar-refractivity contribution is 6.21.